The lowest BCUT2D eigenvalue weighted by molar-refractivity contribution is -0.117. The second-order valence-electron chi connectivity index (χ2n) is 5.60. The Balaban J connectivity index is 2.16. The van der Waals surface area contributed by atoms with Crippen molar-refractivity contribution in [2.45, 2.75) is 36.8 Å². The summed E-state index contributed by atoms with van der Waals surface area (Å²) in [6.45, 7) is 5.71. The average Bonchev–Trinajstić information content (AvgIpc) is 2.55. The van der Waals surface area contributed by atoms with Crippen LogP contribution in [0.4, 0.5) is 5.69 Å². The predicted molar refractivity (Wildman–Crippen MR) is 95.0 cm³/mol. The standard InChI is InChI=1S/C17H20N4O2S/c1-10(2)16-19-8-12(9-20-16)21-17(23)13-6-4-5-7-14(13)24-11(3)15(18)22/h4-11H,1-3H3,(H2,18,22)(H,21,23)/t11-/m1/s1. The van der Waals surface area contributed by atoms with Crippen molar-refractivity contribution in [3.05, 3.63) is 48.0 Å². The van der Waals surface area contributed by atoms with Gasteiger partial charge in [0.05, 0.1) is 28.9 Å². The molecule has 0 aliphatic heterocycles. The summed E-state index contributed by atoms with van der Waals surface area (Å²) >= 11 is 1.26. The van der Waals surface area contributed by atoms with E-state index in [4.69, 9.17) is 5.73 Å². The quantitative estimate of drug-likeness (QED) is 0.785. The monoisotopic (exact) mass is 344 g/mol. The molecule has 0 spiro atoms. The maximum Gasteiger partial charge on any atom is 0.256 e. The lowest BCUT2D eigenvalue weighted by atomic mass is 10.2. The third kappa shape index (κ3) is 4.55. The van der Waals surface area contributed by atoms with Gasteiger partial charge in [-0.1, -0.05) is 26.0 Å². The Hall–Kier alpha value is -2.41. The average molecular weight is 344 g/mol. The van der Waals surface area contributed by atoms with Crippen LogP contribution in [0.5, 0.6) is 0 Å². The van der Waals surface area contributed by atoms with E-state index in [0.717, 1.165) is 5.82 Å². The van der Waals surface area contributed by atoms with Crippen molar-refractivity contribution in [3.63, 3.8) is 0 Å². The molecular formula is C17H20N4O2S. The van der Waals surface area contributed by atoms with Crippen molar-refractivity contribution in [1.29, 1.82) is 0 Å². The van der Waals surface area contributed by atoms with Crippen molar-refractivity contribution in [3.8, 4) is 0 Å². The second-order valence-corrected chi connectivity index (χ2v) is 6.98. The molecule has 1 heterocycles. The maximum atomic E-state index is 12.5. The number of nitrogens with zero attached hydrogens (tertiary/aromatic N) is 2. The summed E-state index contributed by atoms with van der Waals surface area (Å²) in [5.74, 6) is 0.241. The molecule has 2 aromatic rings. The fourth-order valence-corrected chi connectivity index (χ4v) is 2.85. The molecule has 6 nitrogen and oxygen atoms in total. The molecule has 0 aliphatic carbocycles. The fourth-order valence-electron chi connectivity index (χ4n) is 1.90. The number of nitrogens with two attached hydrogens (primary N) is 1. The SMILES string of the molecule is CC(C)c1ncc(NC(=O)c2ccccc2S[C@H](C)C(N)=O)cn1. The highest BCUT2D eigenvalue weighted by molar-refractivity contribution is 8.00. The van der Waals surface area contributed by atoms with Crippen molar-refractivity contribution < 1.29 is 9.59 Å². The molecule has 3 N–H and O–H groups in total. The Morgan fingerprint density at radius 1 is 1.12 bits per heavy atom. The number of carbonyl (C=O) groups is 2. The van der Waals surface area contributed by atoms with Gasteiger partial charge in [-0.25, -0.2) is 9.97 Å². The van der Waals surface area contributed by atoms with Crippen LogP contribution in [0.3, 0.4) is 0 Å². The minimum absolute atomic E-state index is 0.224. The van der Waals surface area contributed by atoms with Crippen LogP contribution < -0.4 is 11.1 Å². The largest absolute Gasteiger partial charge is 0.369 e. The van der Waals surface area contributed by atoms with Crippen molar-refractivity contribution in [2.75, 3.05) is 5.32 Å². The number of hydrogen-bond acceptors (Lipinski definition) is 5. The van der Waals surface area contributed by atoms with Gasteiger partial charge in [-0.15, -0.1) is 11.8 Å². The molecule has 0 aliphatic rings. The van der Waals surface area contributed by atoms with Gasteiger partial charge in [0, 0.05) is 10.8 Å². The first-order valence-corrected chi connectivity index (χ1v) is 8.44. The van der Waals surface area contributed by atoms with Crippen LogP contribution in [0.1, 0.15) is 42.9 Å². The summed E-state index contributed by atoms with van der Waals surface area (Å²) in [7, 11) is 0. The van der Waals surface area contributed by atoms with Crippen LogP contribution in [0.15, 0.2) is 41.6 Å². The predicted octanol–water partition coefficient (Wildman–Crippen LogP) is 2.82. The highest BCUT2D eigenvalue weighted by Crippen LogP contribution is 2.27. The van der Waals surface area contributed by atoms with Crippen LogP contribution in [0.2, 0.25) is 0 Å². The summed E-state index contributed by atoms with van der Waals surface area (Å²) < 4.78 is 0. The van der Waals surface area contributed by atoms with E-state index in [1.807, 2.05) is 19.9 Å². The van der Waals surface area contributed by atoms with E-state index < -0.39 is 11.2 Å². The van der Waals surface area contributed by atoms with Gasteiger partial charge in [-0.3, -0.25) is 9.59 Å². The summed E-state index contributed by atoms with van der Waals surface area (Å²) in [4.78, 5) is 32.9. The molecule has 0 fully saturated rings. The smallest absolute Gasteiger partial charge is 0.256 e. The summed E-state index contributed by atoms with van der Waals surface area (Å²) in [5.41, 5.74) is 6.29. The molecule has 0 radical (unpaired) electrons. The van der Waals surface area contributed by atoms with Crippen molar-refractivity contribution in [1.82, 2.24) is 9.97 Å². The molecule has 0 saturated heterocycles. The van der Waals surface area contributed by atoms with E-state index in [2.05, 4.69) is 15.3 Å². The lowest BCUT2D eigenvalue weighted by Crippen LogP contribution is -2.23. The van der Waals surface area contributed by atoms with Gasteiger partial charge in [0.1, 0.15) is 5.82 Å². The minimum atomic E-state index is -0.424. The van der Waals surface area contributed by atoms with Gasteiger partial charge < -0.3 is 11.1 Å². The van der Waals surface area contributed by atoms with Gasteiger partial charge in [-0.05, 0) is 19.1 Å². The Bertz CT molecular complexity index is 732. The van der Waals surface area contributed by atoms with Gasteiger partial charge in [-0.2, -0.15) is 0 Å². The summed E-state index contributed by atoms with van der Waals surface area (Å²) in [5, 5.41) is 2.35. The highest BCUT2D eigenvalue weighted by Gasteiger charge is 2.17. The fraction of sp³-hybridized carbons (Fsp3) is 0.294. The van der Waals surface area contributed by atoms with Crippen LogP contribution in [-0.2, 0) is 4.79 Å². The van der Waals surface area contributed by atoms with E-state index in [-0.39, 0.29) is 11.8 Å². The van der Waals surface area contributed by atoms with E-state index in [1.165, 1.54) is 11.8 Å². The molecule has 1 atom stereocenters. The third-order valence-corrected chi connectivity index (χ3v) is 4.48. The van der Waals surface area contributed by atoms with E-state index >= 15 is 0 Å². The van der Waals surface area contributed by atoms with Crippen molar-refractivity contribution >= 4 is 29.3 Å². The summed E-state index contributed by atoms with van der Waals surface area (Å²) in [6, 6.07) is 7.08. The Kier molecular flexibility index (Phi) is 5.92. The number of benzene rings is 1. The number of rotatable bonds is 6. The first kappa shape index (κ1) is 17.9. The highest BCUT2D eigenvalue weighted by atomic mass is 32.2. The lowest BCUT2D eigenvalue weighted by Gasteiger charge is -2.12. The number of nitrogens with one attached hydrogen (secondary N) is 1. The molecule has 0 bridgehead atoms. The van der Waals surface area contributed by atoms with Gasteiger partial charge in [0.25, 0.3) is 5.91 Å². The number of anilines is 1. The zero-order chi connectivity index (χ0) is 17.7. The Morgan fingerprint density at radius 2 is 1.75 bits per heavy atom. The molecule has 2 amide bonds. The first-order valence-electron chi connectivity index (χ1n) is 7.56. The second kappa shape index (κ2) is 7.92. The molecule has 7 heteroatoms. The Labute approximate surface area is 145 Å². The first-order chi connectivity index (χ1) is 11.4. The van der Waals surface area contributed by atoms with Crippen LogP contribution >= 0.6 is 11.8 Å². The number of amides is 2. The van der Waals surface area contributed by atoms with Crippen LogP contribution in [0.25, 0.3) is 0 Å². The number of hydrogen-bond donors (Lipinski definition) is 2. The van der Waals surface area contributed by atoms with E-state index in [0.29, 0.717) is 16.1 Å². The molecule has 1 aromatic heterocycles. The molecule has 0 saturated carbocycles. The molecule has 126 valence electrons. The number of carbonyl (C=O) groups excluding carboxylic acids is 2. The molecular weight excluding hydrogens is 324 g/mol. The van der Waals surface area contributed by atoms with Gasteiger partial charge in [0.15, 0.2) is 0 Å². The van der Waals surface area contributed by atoms with E-state index in [9.17, 15) is 9.59 Å². The molecule has 0 unspecified atom stereocenters. The number of aromatic nitrogens is 2. The van der Waals surface area contributed by atoms with Crippen LogP contribution in [0, 0.1) is 0 Å². The number of thioether (sulfide) groups is 1. The molecule has 1 aromatic carbocycles. The normalized spacial score (nSPS) is 12.0. The van der Waals surface area contributed by atoms with Crippen LogP contribution in [-0.4, -0.2) is 27.0 Å². The van der Waals surface area contributed by atoms with E-state index in [1.54, 1.807) is 37.5 Å². The topological polar surface area (TPSA) is 98.0 Å². The zero-order valence-corrected chi connectivity index (χ0v) is 14.6. The third-order valence-electron chi connectivity index (χ3n) is 3.28. The maximum absolute atomic E-state index is 12.5. The molecule has 2 rings (SSSR count). The summed E-state index contributed by atoms with van der Waals surface area (Å²) in [6.07, 6.45) is 3.17. The Morgan fingerprint density at radius 3 is 2.33 bits per heavy atom. The minimum Gasteiger partial charge on any atom is -0.369 e. The van der Waals surface area contributed by atoms with Gasteiger partial charge >= 0.3 is 0 Å². The zero-order valence-electron chi connectivity index (χ0n) is 13.8. The molecule has 24 heavy (non-hydrogen) atoms. The van der Waals surface area contributed by atoms with Gasteiger partial charge in [0.2, 0.25) is 5.91 Å². The number of primary amides is 1. The van der Waals surface area contributed by atoms with Crippen molar-refractivity contribution in [2.24, 2.45) is 5.73 Å².